The van der Waals surface area contributed by atoms with Crippen LogP contribution >= 0.6 is 0 Å². The first-order valence-corrected chi connectivity index (χ1v) is 3.30. The van der Waals surface area contributed by atoms with E-state index >= 15 is 0 Å². The molecule has 0 aromatic carbocycles. The van der Waals surface area contributed by atoms with Crippen molar-refractivity contribution < 1.29 is 24.9 Å². The monoisotopic (exact) mass is 162 g/mol. The van der Waals surface area contributed by atoms with Gasteiger partial charge in [0, 0.05) is 6.42 Å². The highest BCUT2D eigenvalue weighted by atomic mass is 16.6. The standard InChI is InChI=1S/C6H10O5/c7-2-5-3(8)1-4(9)6(10)11-5/h3,5-8,10H,1-2H2/t3-,5-,6+/m0/s1. The Labute approximate surface area is 63.2 Å². The van der Waals surface area contributed by atoms with E-state index in [2.05, 4.69) is 4.74 Å². The third kappa shape index (κ3) is 1.75. The molecule has 0 aliphatic carbocycles. The van der Waals surface area contributed by atoms with E-state index in [9.17, 15) is 4.79 Å². The maximum atomic E-state index is 10.6. The summed E-state index contributed by atoms with van der Waals surface area (Å²) in [5, 5.41) is 26.4. The lowest BCUT2D eigenvalue weighted by Gasteiger charge is -2.28. The number of carbonyl (C=O) groups excluding carboxylic acids is 1. The van der Waals surface area contributed by atoms with Crippen LogP contribution in [0.15, 0.2) is 0 Å². The highest BCUT2D eigenvalue weighted by Gasteiger charge is 2.34. The van der Waals surface area contributed by atoms with Crippen LogP contribution in [-0.2, 0) is 9.53 Å². The molecule has 1 fully saturated rings. The molecule has 64 valence electrons. The van der Waals surface area contributed by atoms with Crippen molar-refractivity contribution in [1.29, 1.82) is 0 Å². The van der Waals surface area contributed by atoms with Gasteiger partial charge in [-0.1, -0.05) is 0 Å². The molecule has 5 nitrogen and oxygen atoms in total. The summed E-state index contributed by atoms with van der Waals surface area (Å²) in [5.41, 5.74) is 0. The van der Waals surface area contributed by atoms with E-state index in [1.54, 1.807) is 0 Å². The quantitative estimate of drug-likeness (QED) is 0.415. The van der Waals surface area contributed by atoms with Crippen LogP contribution in [0.25, 0.3) is 0 Å². The van der Waals surface area contributed by atoms with E-state index in [1.807, 2.05) is 0 Å². The van der Waals surface area contributed by atoms with Gasteiger partial charge in [-0.3, -0.25) is 4.79 Å². The van der Waals surface area contributed by atoms with Gasteiger partial charge in [0.05, 0.1) is 12.7 Å². The Morgan fingerprint density at radius 3 is 2.73 bits per heavy atom. The molecular formula is C6H10O5. The summed E-state index contributed by atoms with van der Waals surface area (Å²) in [4.78, 5) is 10.6. The van der Waals surface area contributed by atoms with Gasteiger partial charge in [-0.15, -0.1) is 0 Å². The Balaban J connectivity index is 2.54. The molecule has 0 spiro atoms. The molecule has 0 bridgehead atoms. The third-order valence-electron chi connectivity index (χ3n) is 1.60. The molecule has 0 saturated carbocycles. The fourth-order valence-corrected chi connectivity index (χ4v) is 0.935. The smallest absolute Gasteiger partial charge is 0.215 e. The number of Topliss-reactive ketones (excluding diaryl/α,β-unsaturated/α-hetero) is 1. The minimum absolute atomic E-state index is 0.160. The van der Waals surface area contributed by atoms with E-state index in [0.717, 1.165) is 0 Å². The fraction of sp³-hybridized carbons (Fsp3) is 0.833. The zero-order chi connectivity index (χ0) is 8.43. The van der Waals surface area contributed by atoms with E-state index in [1.165, 1.54) is 0 Å². The van der Waals surface area contributed by atoms with Crippen LogP contribution in [0.3, 0.4) is 0 Å². The van der Waals surface area contributed by atoms with Gasteiger partial charge in [-0.2, -0.15) is 0 Å². The number of hydrogen-bond acceptors (Lipinski definition) is 5. The van der Waals surface area contributed by atoms with Crippen molar-refractivity contribution in [2.75, 3.05) is 6.61 Å². The Bertz CT molecular complexity index is 157. The molecule has 0 amide bonds. The van der Waals surface area contributed by atoms with Crippen LogP contribution in [-0.4, -0.2) is 46.2 Å². The zero-order valence-electron chi connectivity index (χ0n) is 5.80. The number of carbonyl (C=O) groups is 1. The van der Waals surface area contributed by atoms with E-state index in [4.69, 9.17) is 15.3 Å². The van der Waals surface area contributed by atoms with Crippen molar-refractivity contribution in [1.82, 2.24) is 0 Å². The van der Waals surface area contributed by atoms with Gasteiger partial charge in [-0.25, -0.2) is 0 Å². The Morgan fingerprint density at radius 1 is 1.55 bits per heavy atom. The molecule has 1 aliphatic rings. The second-order valence-corrected chi connectivity index (χ2v) is 2.45. The zero-order valence-corrected chi connectivity index (χ0v) is 5.80. The SMILES string of the molecule is O=C1C[C@H](O)[C@H](CO)O[C@H]1O. The summed E-state index contributed by atoms with van der Waals surface area (Å²) in [7, 11) is 0. The molecule has 5 heteroatoms. The van der Waals surface area contributed by atoms with Crippen LogP contribution in [0.2, 0.25) is 0 Å². The molecule has 3 N–H and O–H groups in total. The maximum Gasteiger partial charge on any atom is 0.215 e. The van der Waals surface area contributed by atoms with Crippen LogP contribution in [0, 0.1) is 0 Å². The Kier molecular flexibility index (Phi) is 2.56. The predicted molar refractivity (Wildman–Crippen MR) is 33.6 cm³/mol. The minimum atomic E-state index is -1.49. The van der Waals surface area contributed by atoms with Crippen LogP contribution in [0.4, 0.5) is 0 Å². The number of hydrogen-bond donors (Lipinski definition) is 3. The van der Waals surface area contributed by atoms with Crippen LogP contribution in [0.1, 0.15) is 6.42 Å². The average Bonchev–Trinajstić information content (AvgIpc) is 1.97. The minimum Gasteiger partial charge on any atom is -0.394 e. The fourth-order valence-electron chi connectivity index (χ4n) is 0.935. The van der Waals surface area contributed by atoms with Gasteiger partial charge in [0.1, 0.15) is 6.10 Å². The van der Waals surface area contributed by atoms with Crippen LogP contribution < -0.4 is 0 Å². The number of aliphatic hydroxyl groups excluding tert-OH is 3. The molecular weight excluding hydrogens is 152 g/mol. The molecule has 0 aromatic rings. The molecule has 3 atom stereocenters. The first kappa shape index (κ1) is 8.61. The van der Waals surface area contributed by atoms with Crippen molar-refractivity contribution in [2.45, 2.75) is 24.9 Å². The van der Waals surface area contributed by atoms with Gasteiger partial charge in [0.15, 0.2) is 5.78 Å². The lowest BCUT2D eigenvalue weighted by molar-refractivity contribution is -0.205. The molecule has 0 aromatic heterocycles. The summed E-state index contributed by atoms with van der Waals surface area (Å²) in [5.74, 6) is -0.554. The van der Waals surface area contributed by atoms with Crippen molar-refractivity contribution >= 4 is 5.78 Å². The molecule has 0 unspecified atom stereocenters. The number of ether oxygens (including phenoxy) is 1. The summed E-state index contributed by atoms with van der Waals surface area (Å²) >= 11 is 0. The summed E-state index contributed by atoms with van der Waals surface area (Å²) in [6, 6.07) is 0. The topological polar surface area (TPSA) is 87.0 Å². The summed E-state index contributed by atoms with van der Waals surface area (Å²) in [6.45, 7) is -0.397. The Morgan fingerprint density at radius 2 is 2.18 bits per heavy atom. The lowest BCUT2D eigenvalue weighted by atomic mass is 10.0. The van der Waals surface area contributed by atoms with Crippen LogP contribution in [0.5, 0.6) is 0 Å². The highest BCUT2D eigenvalue weighted by Crippen LogP contribution is 2.14. The third-order valence-corrected chi connectivity index (χ3v) is 1.60. The lowest BCUT2D eigenvalue weighted by Crippen LogP contribution is -2.46. The first-order valence-electron chi connectivity index (χ1n) is 3.30. The molecule has 11 heavy (non-hydrogen) atoms. The van der Waals surface area contributed by atoms with Crippen molar-refractivity contribution in [3.8, 4) is 0 Å². The highest BCUT2D eigenvalue weighted by molar-refractivity contribution is 5.82. The average molecular weight is 162 g/mol. The number of ketones is 1. The molecule has 1 saturated heterocycles. The molecule has 1 heterocycles. The summed E-state index contributed by atoms with van der Waals surface area (Å²) < 4.78 is 4.57. The van der Waals surface area contributed by atoms with Crippen molar-refractivity contribution in [2.24, 2.45) is 0 Å². The van der Waals surface area contributed by atoms with Crippen molar-refractivity contribution in [3.63, 3.8) is 0 Å². The van der Waals surface area contributed by atoms with Crippen molar-refractivity contribution in [3.05, 3.63) is 0 Å². The van der Waals surface area contributed by atoms with Gasteiger partial charge >= 0.3 is 0 Å². The van der Waals surface area contributed by atoms with E-state index < -0.39 is 30.9 Å². The van der Waals surface area contributed by atoms with E-state index in [-0.39, 0.29) is 6.42 Å². The maximum absolute atomic E-state index is 10.6. The largest absolute Gasteiger partial charge is 0.394 e. The van der Waals surface area contributed by atoms with Gasteiger partial charge < -0.3 is 20.1 Å². The molecule has 1 aliphatic heterocycles. The molecule has 0 radical (unpaired) electrons. The van der Waals surface area contributed by atoms with Gasteiger partial charge in [-0.05, 0) is 0 Å². The summed E-state index contributed by atoms with van der Waals surface area (Å²) in [6.07, 6.45) is -3.50. The number of aliphatic hydroxyl groups is 3. The second kappa shape index (κ2) is 3.27. The Hall–Kier alpha value is -0.490. The first-order chi connectivity index (χ1) is 5.15. The predicted octanol–water partition coefficient (Wildman–Crippen LogP) is -1.98. The van der Waals surface area contributed by atoms with E-state index in [0.29, 0.717) is 0 Å². The molecule has 1 rings (SSSR count). The van der Waals surface area contributed by atoms with Gasteiger partial charge in [0.2, 0.25) is 6.29 Å². The second-order valence-electron chi connectivity index (χ2n) is 2.45. The number of rotatable bonds is 1. The van der Waals surface area contributed by atoms with Gasteiger partial charge in [0.25, 0.3) is 0 Å². The normalized spacial score (nSPS) is 39.2.